The number of nitrogens with zero attached hydrogens (tertiary/aromatic N) is 2. The second-order valence-corrected chi connectivity index (χ2v) is 8.40. The van der Waals surface area contributed by atoms with Crippen molar-refractivity contribution in [3.8, 4) is 0 Å². The summed E-state index contributed by atoms with van der Waals surface area (Å²) in [5.74, 6) is -0.613. The molecule has 2 unspecified atom stereocenters. The molecule has 30 heavy (non-hydrogen) atoms. The molecule has 3 aromatic rings. The number of hydrogen-bond acceptors (Lipinski definition) is 6. The van der Waals surface area contributed by atoms with E-state index in [1.165, 1.54) is 0 Å². The van der Waals surface area contributed by atoms with Gasteiger partial charge in [-0.3, -0.25) is 24.7 Å². The minimum Gasteiger partial charge on any atom is -0.481 e. The second kappa shape index (κ2) is 7.50. The first-order valence-corrected chi connectivity index (χ1v) is 10.4. The highest BCUT2D eigenvalue weighted by atomic mass is 16.4. The lowest BCUT2D eigenvalue weighted by molar-refractivity contribution is -0.136. The number of fused-ring (bicyclic) bond motifs is 3. The van der Waals surface area contributed by atoms with Crippen molar-refractivity contribution in [2.75, 3.05) is 33.2 Å². The molecular weight excluding hydrogens is 382 g/mol. The van der Waals surface area contributed by atoms with Gasteiger partial charge in [0.25, 0.3) is 0 Å². The number of nitrogens with one attached hydrogen (secondary N) is 1. The Bertz CT molecular complexity index is 1190. The van der Waals surface area contributed by atoms with Gasteiger partial charge < -0.3 is 9.52 Å². The molecule has 0 radical (unpaired) electrons. The van der Waals surface area contributed by atoms with Crippen molar-refractivity contribution in [3.05, 3.63) is 57.7 Å². The minimum atomic E-state index is -0.922. The van der Waals surface area contributed by atoms with Crippen molar-refractivity contribution in [2.45, 2.75) is 25.0 Å². The van der Waals surface area contributed by atoms with Gasteiger partial charge in [-0.2, -0.15) is 0 Å². The first-order valence-electron chi connectivity index (χ1n) is 10.4. The van der Waals surface area contributed by atoms with E-state index in [1.807, 2.05) is 12.1 Å². The summed E-state index contributed by atoms with van der Waals surface area (Å²) in [6.45, 7) is 3.99. The van der Waals surface area contributed by atoms with Gasteiger partial charge in [0.2, 0.25) is 5.43 Å². The molecule has 7 nitrogen and oxygen atoms in total. The number of carboxylic acids is 1. The fourth-order valence-corrected chi connectivity index (χ4v) is 4.85. The van der Waals surface area contributed by atoms with E-state index in [0.29, 0.717) is 33.4 Å². The van der Waals surface area contributed by atoms with Crippen LogP contribution in [0.25, 0.3) is 21.9 Å². The molecule has 2 N–H and O–H groups in total. The summed E-state index contributed by atoms with van der Waals surface area (Å²) in [5.41, 5.74) is 2.65. The standard InChI is InChI=1S/C23H25N3O4/c1-25-12-16(13-26-8-2-7-24-23(25)26)15-4-6-20-18(11-15)22(29)17-9-14(10-21(27)28)3-5-19(17)30-20/h3-6,9,11,16,23-24H,2,7-8,10,12-13H2,1H3,(H,27,28). The van der Waals surface area contributed by atoms with Gasteiger partial charge in [0, 0.05) is 25.6 Å². The lowest BCUT2D eigenvalue weighted by atomic mass is 9.94. The summed E-state index contributed by atoms with van der Waals surface area (Å²) in [5, 5.41) is 13.6. The Hall–Kier alpha value is -2.74. The van der Waals surface area contributed by atoms with E-state index in [2.05, 4.69) is 28.2 Å². The van der Waals surface area contributed by atoms with Gasteiger partial charge in [-0.05, 0) is 55.4 Å². The van der Waals surface area contributed by atoms with Crippen molar-refractivity contribution in [1.29, 1.82) is 0 Å². The van der Waals surface area contributed by atoms with E-state index >= 15 is 0 Å². The SMILES string of the molecule is CN1CC(c2ccc3oc4ccc(CC(=O)O)cc4c(=O)c3c2)CN2CCCNC12. The third kappa shape index (κ3) is 3.39. The van der Waals surface area contributed by atoms with E-state index in [0.717, 1.165) is 38.2 Å². The number of benzene rings is 2. The monoisotopic (exact) mass is 407 g/mol. The van der Waals surface area contributed by atoms with Crippen LogP contribution in [-0.4, -0.2) is 60.4 Å². The van der Waals surface area contributed by atoms with Crippen molar-refractivity contribution < 1.29 is 14.3 Å². The summed E-state index contributed by atoms with van der Waals surface area (Å²) >= 11 is 0. The maximum absolute atomic E-state index is 13.2. The summed E-state index contributed by atoms with van der Waals surface area (Å²) in [6.07, 6.45) is 1.31. The Morgan fingerprint density at radius 3 is 2.73 bits per heavy atom. The van der Waals surface area contributed by atoms with Crippen molar-refractivity contribution in [2.24, 2.45) is 0 Å². The first kappa shape index (κ1) is 19.2. The molecule has 0 saturated carbocycles. The Labute approximate surface area is 173 Å². The van der Waals surface area contributed by atoms with Crippen LogP contribution in [0, 0.1) is 0 Å². The van der Waals surface area contributed by atoms with Gasteiger partial charge in [-0.1, -0.05) is 12.1 Å². The van der Waals surface area contributed by atoms with E-state index in [9.17, 15) is 9.59 Å². The quantitative estimate of drug-likeness (QED) is 0.644. The van der Waals surface area contributed by atoms with Crippen LogP contribution >= 0.6 is 0 Å². The molecular formula is C23H25N3O4. The van der Waals surface area contributed by atoms with E-state index < -0.39 is 5.97 Å². The summed E-state index contributed by atoms with van der Waals surface area (Å²) in [7, 11) is 2.13. The fraction of sp³-hybridized carbons (Fsp3) is 0.391. The molecule has 2 aliphatic heterocycles. The Balaban J connectivity index is 1.54. The number of rotatable bonds is 3. The lowest BCUT2D eigenvalue weighted by Crippen LogP contribution is -2.64. The number of hydrogen-bond donors (Lipinski definition) is 2. The van der Waals surface area contributed by atoms with Gasteiger partial charge in [-0.25, -0.2) is 0 Å². The largest absolute Gasteiger partial charge is 0.481 e. The number of carbonyl (C=O) groups is 1. The number of carboxylic acid groups (broad SMARTS) is 1. The van der Waals surface area contributed by atoms with Gasteiger partial charge in [0.05, 0.1) is 17.2 Å². The molecule has 2 fully saturated rings. The number of aliphatic carboxylic acids is 1. The molecule has 156 valence electrons. The summed E-state index contributed by atoms with van der Waals surface area (Å²) < 4.78 is 5.96. The predicted molar refractivity (Wildman–Crippen MR) is 115 cm³/mol. The highest BCUT2D eigenvalue weighted by Crippen LogP contribution is 2.29. The van der Waals surface area contributed by atoms with E-state index in [1.54, 1.807) is 18.2 Å². The van der Waals surface area contributed by atoms with E-state index in [4.69, 9.17) is 9.52 Å². The van der Waals surface area contributed by atoms with Gasteiger partial charge in [-0.15, -0.1) is 0 Å². The van der Waals surface area contributed by atoms with Crippen LogP contribution in [0.3, 0.4) is 0 Å². The van der Waals surface area contributed by atoms with Gasteiger partial charge in [0.15, 0.2) is 0 Å². The van der Waals surface area contributed by atoms with Crippen LogP contribution < -0.4 is 10.7 Å². The van der Waals surface area contributed by atoms with Crippen LogP contribution in [-0.2, 0) is 11.2 Å². The zero-order valence-electron chi connectivity index (χ0n) is 16.9. The molecule has 0 aliphatic carbocycles. The Morgan fingerprint density at radius 1 is 1.17 bits per heavy atom. The lowest BCUT2D eigenvalue weighted by Gasteiger charge is -2.48. The highest BCUT2D eigenvalue weighted by Gasteiger charge is 2.34. The minimum absolute atomic E-state index is 0.109. The van der Waals surface area contributed by atoms with Crippen molar-refractivity contribution >= 4 is 27.9 Å². The normalized spacial score (nSPS) is 23.0. The predicted octanol–water partition coefficient (Wildman–Crippen LogP) is 2.18. The van der Waals surface area contributed by atoms with Crippen LogP contribution in [0.4, 0.5) is 0 Å². The topological polar surface area (TPSA) is 86.0 Å². The third-order valence-corrected chi connectivity index (χ3v) is 6.26. The maximum Gasteiger partial charge on any atom is 0.307 e. The van der Waals surface area contributed by atoms with Crippen LogP contribution in [0.15, 0.2) is 45.6 Å². The van der Waals surface area contributed by atoms with E-state index in [-0.39, 0.29) is 18.1 Å². The third-order valence-electron chi connectivity index (χ3n) is 6.26. The molecule has 0 bridgehead atoms. The first-order chi connectivity index (χ1) is 14.5. The zero-order valence-corrected chi connectivity index (χ0v) is 16.9. The fourth-order valence-electron chi connectivity index (χ4n) is 4.85. The van der Waals surface area contributed by atoms with Crippen LogP contribution in [0.5, 0.6) is 0 Å². The average Bonchev–Trinajstić information content (AvgIpc) is 2.74. The summed E-state index contributed by atoms with van der Waals surface area (Å²) in [4.78, 5) is 29.0. The molecule has 0 amide bonds. The van der Waals surface area contributed by atoms with Crippen LogP contribution in [0.2, 0.25) is 0 Å². The molecule has 7 heteroatoms. The second-order valence-electron chi connectivity index (χ2n) is 8.40. The highest BCUT2D eigenvalue weighted by molar-refractivity contribution is 5.90. The molecule has 1 aromatic heterocycles. The zero-order chi connectivity index (χ0) is 20.8. The molecule has 2 aliphatic rings. The van der Waals surface area contributed by atoms with Crippen molar-refractivity contribution in [3.63, 3.8) is 0 Å². The molecule has 0 spiro atoms. The van der Waals surface area contributed by atoms with Crippen molar-refractivity contribution in [1.82, 2.24) is 15.1 Å². The molecule has 5 rings (SSSR count). The molecule has 2 aromatic carbocycles. The smallest absolute Gasteiger partial charge is 0.307 e. The summed E-state index contributed by atoms with van der Waals surface area (Å²) in [6, 6.07) is 10.9. The Morgan fingerprint density at radius 2 is 1.93 bits per heavy atom. The van der Waals surface area contributed by atoms with Gasteiger partial charge in [0.1, 0.15) is 17.5 Å². The molecule has 2 atom stereocenters. The van der Waals surface area contributed by atoms with Crippen LogP contribution in [0.1, 0.15) is 23.5 Å². The van der Waals surface area contributed by atoms with Gasteiger partial charge >= 0.3 is 5.97 Å². The average molecular weight is 407 g/mol. The molecule has 2 saturated heterocycles. The Kier molecular flexibility index (Phi) is 4.81. The number of likely N-dealkylation sites (N-methyl/N-ethyl adjacent to an activating group) is 1. The maximum atomic E-state index is 13.2. The molecule has 3 heterocycles.